The molecule has 0 amide bonds. The molecule has 0 saturated carbocycles. The molecule has 1 aromatic rings. The Kier molecular flexibility index (Phi) is 11.2. The summed E-state index contributed by atoms with van der Waals surface area (Å²) in [4.78, 5) is 25.2. The predicted molar refractivity (Wildman–Crippen MR) is 104 cm³/mol. The van der Waals surface area contributed by atoms with Crippen molar-refractivity contribution in [3.63, 3.8) is 0 Å². The van der Waals surface area contributed by atoms with Crippen LogP contribution in [0.5, 0.6) is 0 Å². The topological polar surface area (TPSA) is 55.8 Å². The molecule has 146 valence electrons. The molecule has 0 saturated heterocycles. The predicted octanol–water partition coefficient (Wildman–Crippen LogP) is 4.27. The van der Waals surface area contributed by atoms with E-state index in [9.17, 15) is 9.59 Å². The first-order valence-electron chi connectivity index (χ1n) is 9.69. The maximum atomic E-state index is 11.4. The van der Waals surface area contributed by atoms with Gasteiger partial charge < -0.3 is 14.4 Å². The van der Waals surface area contributed by atoms with Crippen molar-refractivity contribution >= 4 is 17.6 Å². The second-order valence-electron chi connectivity index (χ2n) is 6.47. The molecule has 0 spiro atoms. The second kappa shape index (κ2) is 13.2. The van der Waals surface area contributed by atoms with E-state index in [-0.39, 0.29) is 11.9 Å². The lowest BCUT2D eigenvalue weighted by Crippen LogP contribution is -2.28. The van der Waals surface area contributed by atoms with Crippen molar-refractivity contribution in [2.24, 2.45) is 0 Å². The third-order valence-corrected chi connectivity index (χ3v) is 3.95. The number of rotatable bonds is 13. The van der Waals surface area contributed by atoms with Crippen LogP contribution >= 0.6 is 0 Å². The largest absolute Gasteiger partial charge is 0.466 e. The zero-order valence-electron chi connectivity index (χ0n) is 16.5. The second-order valence-corrected chi connectivity index (χ2v) is 6.47. The Morgan fingerprint density at radius 1 is 0.923 bits per heavy atom. The highest BCUT2D eigenvalue weighted by Gasteiger charge is 2.09. The zero-order valence-corrected chi connectivity index (χ0v) is 16.5. The minimum absolute atomic E-state index is 0.127. The number of benzene rings is 1. The van der Waals surface area contributed by atoms with Crippen LogP contribution in [0.25, 0.3) is 0 Å². The molecule has 0 bridgehead atoms. The van der Waals surface area contributed by atoms with E-state index in [1.165, 1.54) is 5.56 Å². The van der Waals surface area contributed by atoms with E-state index in [1.54, 1.807) is 0 Å². The van der Waals surface area contributed by atoms with Crippen LogP contribution in [0.15, 0.2) is 24.3 Å². The number of ether oxygens (including phenoxy) is 2. The highest BCUT2D eigenvalue weighted by molar-refractivity contribution is 5.69. The lowest BCUT2D eigenvalue weighted by atomic mass is 10.2. The first-order chi connectivity index (χ1) is 12.6. The summed E-state index contributed by atoms with van der Waals surface area (Å²) in [6.07, 6.45) is 4.13. The number of hydrogen-bond donors (Lipinski definition) is 0. The number of esters is 2. The van der Waals surface area contributed by atoms with Gasteiger partial charge in [-0.05, 0) is 50.3 Å². The van der Waals surface area contributed by atoms with Gasteiger partial charge in [-0.2, -0.15) is 0 Å². The number of carbonyl (C=O) groups is 2. The van der Waals surface area contributed by atoms with Crippen molar-refractivity contribution in [1.29, 1.82) is 0 Å². The van der Waals surface area contributed by atoms with Gasteiger partial charge in [0.25, 0.3) is 0 Å². The number of nitrogens with zero attached hydrogens (tertiary/aromatic N) is 1. The third kappa shape index (κ3) is 9.44. The minimum atomic E-state index is -0.127. The number of anilines is 1. The molecule has 1 rings (SSSR count). The van der Waals surface area contributed by atoms with Gasteiger partial charge in [-0.3, -0.25) is 9.59 Å². The van der Waals surface area contributed by atoms with E-state index in [4.69, 9.17) is 9.47 Å². The van der Waals surface area contributed by atoms with E-state index in [1.807, 2.05) is 19.9 Å². The Bertz CT molecular complexity index is 519. The first-order valence-corrected chi connectivity index (χ1v) is 9.69. The molecule has 0 aliphatic carbocycles. The van der Waals surface area contributed by atoms with Crippen molar-refractivity contribution in [3.05, 3.63) is 29.8 Å². The fraction of sp³-hybridized carbons (Fsp3) is 0.619. The molecule has 0 aliphatic heterocycles. The molecule has 5 nitrogen and oxygen atoms in total. The van der Waals surface area contributed by atoms with Gasteiger partial charge in [-0.1, -0.05) is 26.0 Å². The number of hydrogen-bond acceptors (Lipinski definition) is 5. The average Bonchev–Trinajstić information content (AvgIpc) is 2.60. The van der Waals surface area contributed by atoms with Gasteiger partial charge in [0, 0.05) is 31.6 Å². The van der Waals surface area contributed by atoms with Gasteiger partial charge in [0.2, 0.25) is 0 Å². The van der Waals surface area contributed by atoms with E-state index >= 15 is 0 Å². The van der Waals surface area contributed by atoms with Crippen LogP contribution in [-0.2, 0) is 19.1 Å². The standard InChI is InChI=1S/C21H33NO4/c1-4-9-20(23)25-15-7-13-22(19-12-6-11-18(3)17-19)14-8-16-26-21(24)10-5-2/h6,11-12,17H,4-5,7-10,13-16H2,1-3H3. The van der Waals surface area contributed by atoms with Crippen LogP contribution in [0.2, 0.25) is 0 Å². The monoisotopic (exact) mass is 363 g/mol. The van der Waals surface area contributed by atoms with Crippen LogP contribution in [0.3, 0.4) is 0 Å². The van der Waals surface area contributed by atoms with Crippen LogP contribution in [0, 0.1) is 6.92 Å². The normalized spacial score (nSPS) is 10.4. The highest BCUT2D eigenvalue weighted by atomic mass is 16.5. The zero-order chi connectivity index (χ0) is 19.2. The molecule has 0 fully saturated rings. The lowest BCUT2D eigenvalue weighted by Gasteiger charge is -2.25. The fourth-order valence-electron chi connectivity index (χ4n) is 2.63. The van der Waals surface area contributed by atoms with Gasteiger partial charge in [0.1, 0.15) is 0 Å². The number of aryl methyl sites for hydroxylation is 1. The minimum Gasteiger partial charge on any atom is -0.466 e. The van der Waals surface area contributed by atoms with Crippen molar-refractivity contribution < 1.29 is 19.1 Å². The molecule has 0 aliphatic rings. The van der Waals surface area contributed by atoms with Crippen LogP contribution in [0.4, 0.5) is 5.69 Å². The Morgan fingerprint density at radius 2 is 1.46 bits per heavy atom. The lowest BCUT2D eigenvalue weighted by molar-refractivity contribution is -0.144. The molecule has 26 heavy (non-hydrogen) atoms. The summed E-state index contributed by atoms with van der Waals surface area (Å²) in [5, 5.41) is 0. The molecule has 0 atom stereocenters. The van der Waals surface area contributed by atoms with Crippen LogP contribution < -0.4 is 4.90 Å². The summed E-state index contributed by atoms with van der Waals surface area (Å²) in [5.74, 6) is -0.255. The van der Waals surface area contributed by atoms with Crippen molar-refractivity contribution in [1.82, 2.24) is 0 Å². The van der Waals surface area contributed by atoms with E-state index in [0.29, 0.717) is 26.1 Å². The Balaban J connectivity index is 2.46. The van der Waals surface area contributed by atoms with Crippen molar-refractivity contribution in [2.75, 3.05) is 31.2 Å². The maximum Gasteiger partial charge on any atom is 0.305 e. The highest BCUT2D eigenvalue weighted by Crippen LogP contribution is 2.17. The van der Waals surface area contributed by atoms with E-state index in [2.05, 4.69) is 30.0 Å². The van der Waals surface area contributed by atoms with Gasteiger partial charge in [-0.15, -0.1) is 0 Å². The average molecular weight is 363 g/mol. The Morgan fingerprint density at radius 3 is 1.92 bits per heavy atom. The summed E-state index contributed by atoms with van der Waals surface area (Å²) in [7, 11) is 0. The van der Waals surface area contributed by atoms with Gasteiger partial charge in [0.05, 0.1) is 13.2 Å². The Labute approximate surface area is 157 Å². The summed E-state index contributed by atoms with van der Waals surface area (Å²) in [6.45, 7) is 8.47. The van der Waals surface area contributed by atoms with Crippen molar-refractivity contribution in [2.45, 2.75) is 59.3 Å². The van der Waals surface area contributed by atoms with E-state index in [0.717, 1.165) is 44.5 Å². The maximum absolute atomic E-state index is 11.4. The molecule has 0 N–H and O–H groups in total. The van der Waals surface area contributed by atoms with Crippen LogP contribution in [-0.4, -0.2) is 38.2 Å². The summed E-state index contributed by atoms with van der Waals surface area (Å²) < 4.78 is 10.5. The fourth-order valence-corrected chi connectivity index (χ4v) is 2.63. The smallest absolute Gasteiger partial charge is 0.305 e. The van der Waals surface area contributed by atoms with Crippen molar-refractivity contribution in [3.8, 4) is 0 Å². The summed E-state index contributed by atoms with van der Waals surface area (Å²) in [6, 6.07) is 8.34. The molecule has 1 aromatic carbocycles. The van der Waals surface area contributed by atoms with Gasteiger partial charge >= 0.3 is 11.9 Å². The molecule has 0 unspecified atom stereocenters. The van der Waals surface area contributed by atoms with Crippen LogP contribution in [0.1, 0.15) is 57.9 Å². The number of carbonyl (C=O) groups excluding carboxylic acids is 2. The molecule has 0 heterocycles. The van der Waals surface area contributed by atoms with Gasteiger partial charge in [0.15, 0.2) is 0 Å². The molecular weight excluding hydrogens is 330 g/mol. The van der Waals surface area contributed by atoms with E-state index < -0.39 is 0 Å². The molecule has 0 radical (unpaired) electrons. The first kappa shape index (κ1) is 22.0. The SMILES string of the molecule is CCCC(=O)OCCCN(CCCOC(=O)CCC)c1cccc(C)c1. The van der Waals surface area contributed by atoms with Gasteiger partial charge in [-0.25, -0.2) is 0 Å². The summed E-state index contributed by atoms with van der Waals surface area (Å²) in [5.41, 5.74) is 2.35. The third-order valence-electron chi connectivity index (χ3n) is 3.95. The summed E-state index contributed by atoms with van der Waals surface area (Å²) >= 11 is 0. The molecule has 5 heteroatoms. The molecule has 0 aromatic heterocycles. The Hall–Kier alpha value is -2.04. The molecular formula is C21H33NO4. The quantitative estimate of drug-likeness (QED) is 0.387.